The van der Waals surface area contributed by atoms with Crippen molar-refractivity contribution in [1.82, 2.24) is 20.1 Å². The predicted octanol–water partition coefficient (Wildman–Crippen LogP) is 2.05. The quantitative estimate of drug-likeness (QED) is 0.592. The molecule has 168 valence electrons. The Kier molecular flexibility index (Phi) is 7.82. The number of aromatic nitrogens is 3. The van der Waals surface area contributed by atoms with Crippen LogP contribution < -0.4 is 10.2 Å². The molecule has 1 aromatic heterocycles. The summed E-state index contributed by atoms with van der Waals surface area (Å²) in [4.78, 5) is 14.6. The predicted molar refractivity (Wildman–Crippen MR) is 121 cm³/mol. The second-order valence-electron chi connectivity index (χ2n) is 7.94. The minimum atomic E-state index is 0.0122. The van der Waals surface area contributed by atoms with Crippen molar-refractivity contribution >= 4 is 23.6 Å². The number of hydrogen-bond acceptors (Lipinski definition) is 7. The number of thioether (sulfide) groups is 1. The lowest BCUT2D eigenvalue weighted by atomic mass is 10.1. The zero-order valence-corrected chi connectivity index (χ0v) is 18.9. The van der Waals surface area contributed by atoms with Gasteiger partial charge in [0.1, 0.15) is 0 Å². The van der Waals surface area contributed by atoms with Crippen molar-refractivity contribution in [3.8, 4) is 0 Å². The Bertz CT molecular complexity index is 863. The largest absolute Gasteiger partial charge is 0.378 e. The van der Waals surface area contributed by atoms with E-state index in [4.69, 9.17) is 9.47 Å². The second-order valence-corrected chi connectivity index (χ2v) is 8.89. The van der Waals surface area contributed by atoms with E-state index in [0.29, 0.717) is 25.5 Å². The zero-order chi connectivity index (χ0) is 21.5. The van der Waals surface area contributed by atoms with Crippen molar-refractivity contribution in [2.75, 3.05) is 50.1 Å². The van der Waals surface area contributed by atoms with E-state index in [1.54, 1.807) is 0 Å². The van der Waals surface area contributed by atoms with Crippen LogP contribution in [0, 0.1) is 6.92 Å². The molecule has 1 aromatic carbocycles. The van der Waals surface area contributed by atoms with E-state index in [2.05, 4.69) is 44.0 Å². The molecule has 0 bridgehead atoms. The highest BCUT2D eigenvalue weighted by Crippen LogP contribution is 2.25. The van der Waals surface area contributed by atoms with Gasteiger partial charge < -0.3 is 19.7 Å². The SMILES string of the molecule is Cc1ccccc1CCNC(=O)CSc1nnc(N2CCOCC2)n1CC1CCCO1. The summed E-state index contributed by atoms with van der Waals surface area (Å²) in [5, 5.41) is 12.6. The summed E-state index contributed by atoms with van der Waals surface area (Å²) in [7, 11) is 0. The fourth-order valence-electron chi connectivity index (χ4n) is 3.95. The van der Waals surface area contributed by atoms with Crippen molar-refractivity contribution in [2.24, 2.45) is 0 Å². The first-order valence-corrected chi connectivity index (χ1v) is 12.0. The third-order valence-corrected chi connectivity index (χ3v) is 6.68. The topological polar surface area (TPSA) is 81.5 Å². The molecule has 2 aromatic rings. The van der Waals surface area contributed by atoms with E-state index in [0.717, 1.165) is 56.6 Å². The van der Waals surface area contributed by atoms with Crippen LogP contribution >= 0.6 is 11.8 Å². The van der Waals surface area contributed by atoms with Gasteiger partial charge >= 0.3 is 0 Å². The van der Waals surface area contributed by atoms with Crippen LogP contribution in [0.2, 0.25) is 0 Å². The second kappa shape index (κ2) is 11.0. The van der Waals surface area contributed by atoms with E-state index in [-0.39, 0.29) is 12.0 Å². The number of morpholine rings is 1. The van der Waals surface area contributed by atoms with Crippen LogP contribution in [0.1, 0.15) is 24.0 Å². The highest BCUT2D eigenvalue weighted by Gasteiger charge is 2.25. The van der Waals surface area contributed by atoms with Gasteiger partial charge in [0.05, 0.1) is 31.6 Å². The number of aryl methyl sites for hydroxylation is 1. The molecule has 1 N–H and O–H groups in total. The standard InChI is InChI=1S/C22H31N5O3S/c1-17-5-2-3-6-18(17)8-9-23-20(28)16-31-22-25-24-21(26-10-13-29-14-11-26)27(22)15-19-7-4-12-30-19/h2-3,5-6,19H,4,7-16H2,1H3,(H,23,28). The minimum Gasteiger partial charge on any atom is -0.378 e. The maximum Gasteiger partial charge on any atom is 0.230 e. The van der Waals surface area contributed by atoms with Crippen molar-refractivity contribution in [3.63, 3.8) is 0 Å². The highest BCUT2D eigenvalue weighted by atomic mass is 32.2. The maximum atomic E-state index is 12.4. The monoisotopic (exact) mass is 445 g/mol. The lowest BCUT2D eigenvalue weighted by Gasteiger charge is -2.28. The average Bonchev–Trinajstić information content (AvgIpc) is 3.45. The molecule has 0 aliphatic carbocycles. The summed E-state index contributed by atoms with van der Waals surface area (Å²) >= 11 is 1.44. The summed E-state index contributed by atoms with van der Waals surface area (Å²) in [6.45, 7) is 7.24. The van der Waals surface area contributed by atoms with Crippen LogP contribution in [0.3, 0.4) is 0 Å². The molecule has 9 heteroatoms. The Morgan fingerprint density at radius 3 is 2.84 bits per heavy atom. The maximum absolute atomic E-state index is 12.4. The summed E-state index contributed by atoms with van der Waals surface area (Å²) in [6, 6.07) is 8.27. The van der Waals surface area contributed by atoms with Crippen LogP contribution in [0.25, 0.3) is 0 Å². The molecule has 4 rings (SSSR count). The Morgan fingerprint density at radius 1 is 1.23 bits per heavy atom. The molecule has 31 heavy (non-hydrogen) atoms. The number of ether oxygens (including phenoxy) is 2. The first-order chi connectivity index (χ1) is 15.2. The number of nitrogens with one attached hydrogen (secondary N) is 1. The molecule has 2 saturated heterocycles. The average molecular weight is 446 g/mol. The Hall–Kier alpha value is -2.10. The minimum absolute atomic E-state index is 0.0122. The molecule has 2 aliphatic rings. The van der Waals surface area contributed by atoms with Gasteiger partial charge in [-0.05, 0) is 37.3 Å². The van der Waals surface area contributed by atoms with Crippen LogP contribution in [0.4, 0.5) is 5.95 Å². The fraction of sp³-hybridized carbons (Fsp3) is 0.591. The molecule has 0 saturated carbocycles. The summed E-state index contributed by atoms with van der Waals surface area (Å²) < 4.78 is 13.4. The van der Waals surface area contributed by atoms with Gasteiger partial charge in [-0.2, -0.15) is 0 Å². The van der Waals surface area contributed by atoms with E-state index in [1.165, 1.54) is 22.9 Å². The molecular formula is C22H31N5O3S. The third-order valence-electron chi connectivity index (χ3n) is 5.71. The summed E-state index contributed by atoms with van der Waals surface area (Å²) in [5.74, 6) is 1.18. The van der Waals surface area contributed by atoms with Crippen molar-refractivity contribution in [2.45, 2.75) is 44.0 Å². The van der Waals surface area contributed by atoms with Gasteiger partial charge in [-0.25, -0.2) is 0 Å². The fourth-order valence-corrected chi connectivity index (χ4v) is 4.72. The smallest absolute Gasteiger partial charge is 0.230 e. The van der Waals surface area contributed by atoms with Gasteiger partial charge in [0, 0.05) is 26.2 Å². The van der Waals surface area contributed by atoms with E-state index >= 15 is 0 Å². The molecule has 0 spiro atoms. The molecule has 1 unspecified atom stereocenters. The number of rotatable bonds is 9. The molecular weight excluding hydrogens is 414 g/mol. The summed E-state index contributed by atoms with van der Waals surface area (Å²) in [6.07, 6.45) is 3.15. The van der Waals surface area contributed by atoms with Gasteiger partial charge in [-0.3, -0.25) is 9.36 Å². The molecule has 1 atom stereocenters. The lowest BCUT2D eigenvalue weighted by Crippen LogP contribution is -2.38. The van der Waals surface area contributed by atoms with Gasteiger partial charge in [0.15, 0.2) is 5.16 Å². The van der Waals surface area contributed by atoms with Crippen LogP contribution in [0.5, 0.6) is 0 Å². The van der Waals surface area contributed by atoms with Crippen molar-refractivity contribution in [3.05, 3.63) is 35.4 Å². The van der Waals surface area contributed by atoms with Crippen LogP contribution in [0.15, 0.2) is 29.4 Å². The van der Waals surface area contributed by atoms with E-state index in [9.17, 15) is 4.79 Å². The molecule has 1 amide bonds. The van der Waals surface area contributed by atoms with E-state index < -0.39 is 0 Å². The molecule has 3 heterocycles. The van der Waals surface area contributed by atoms with Crippen LogP contribution in [-0.4, -0.2) is 72.0 Å². The van der Waals surface area contributed by atoms with Crippen molar-refractivity contribution in [1.29, 1.82) is 0 Å². The van der Waals surface area contributed by atoms with Crippen LogP contribution in [-0.2, 0) is 27.2 Å². The normalized spacial score (nSPS) is 19.0. The third kappa shape index (κ3) is 5.99. The Labute approximate surface area is 187 Å². The first kappa shape index (κ1) is 22.1. The molecule has 0 radical (unpaired) electrons. The number of hydrogen-bond donors (Lipinski definition) is 1. The number of nitrogens with zero attached hydrogens (tertiary/aromatic N) is 4. The molecule has 2 aliphatic heterocycles. The number of amides is 1. The molecule has 8 nitrogen and oxygen atoms in total. The van der Waals surface area contributed by atoms with Gasteiger partial charge in [0.2, 0.25) is 11.9 Å². The molecule has 2 fully saturated rings. The van der Waals surface area contributed by atoms with E-state index in [1.807, 2.05) is 12.1 Å². The Morgan fingerprint density at radius 2 is 2.06 bits per heavy atom. The number of anilines is 1. The van der Waals surface area contributed by atoms with Gasteiger partial charge in [-0.15, -0.1) is 10.2 Å². The number of benzene rings is 1. The van der Waals surface area contributed by atoms with Gasteiger partial charge in [0.25, 0.3) is 0 Å². The van der Waals surface area contributed by atoms with Gasteiger partial charge in [-0.1, -0.05) is 36.0 Å². The Balaban J connectivity index is 1.33. The number of carbonyl (C=O) groups excluding carboxylic acids is 1. The summed E-state index contributed by atoms with van der Waals surface area (Å²) in [5.41, 5.74) is 2.52. The zero-order valence-electron chi connectivity index (χ0n) is 18.1. The highest BCUT2D eigenvalue weighted by molar-refractivity contribution is 7.99. The van der Waals surface area contributed by atoms with Crippen molar-refractivity contribution < 1.29 is 14.3 Å². The lowest BCUT2D eigenvalue weighted by molar-refractivity contribution is -0.118. The number of carbonyl (C=O) groups is 1. The first-order valence-electron chi connectivity index (χ1n) is 11.0.